The van der Waals surface area contributed by atoms with Gasteiger partial charge in [-0.3, -0.25) is 9.36 Å². The molecular weight excluding hydrogens is 442 g/mol. The van der Waals surface area contributed by atoms with Gasteiger partial charge in [0, 0.05) is 31.4 Å². The highest BCUT2D eigenvalue weighted by molar-refractivity contribution is 7.89. The number of benzene rings is 2. The smallest absolute Gasteiger partial charge is 0.408 e. The van der Waals surface area contributed by atoms with Gasteiger partial charge in [-0.15, -0.1) is 0 Å². The van der Waals surface area contributed by atoms with Crippen molar-refractivity contribution in [2.24, 2.45) is 11.8 Å². The SMILES string of the molecule is C[C@H]1C[C@H](C)CN(S(=O)(=O)c2ccc3c(c2)oc(=O)n3CC(=O)N2CCc3ccccc32)C1. The van der Waals surface area contributed by atoms with Gasteiger partial charge in [0.1, 0.15) is 6.54 Å². The molecular formula is C24H27N3O5S. The molecule has 1 saturated heterocycles. The maximum absolute atomic E-state index is 13.2. The van der Waals surface area contributed by atoms with E-state index in [-0.39, 0.29) is 34.8 Å². The second-order valence-corrected chi connectivity index (χ2v) is 11.2. The number of fused-ring (bicyclic) bond motifs is 2. The van der Waals surface area contributed by atoms with Crippen molar-refractivity contribution in [3.8, 4) is 0 Å². The Morgan fingerprint density at radius 3 is 2.58 bits per heavy atom. The third-order valence-corrected chi connectivity index (χ3v) is 8.42. The Morgan fingerprint density at radius 2 is 1.82 bits per heavy atom. The van der Waals surface area contributed by atoms with Crippen molar-refractivity contribution >= 4 is 32.7 Å². The molecule has 33 heavy (non-hydrogen) atoms. The second kappa shape index (κ2) is 8.14. The van der Waals surface area contributed by atoms with E-state index < -0.39 is 15.8 Å². The highest BCUT2D eigenvalue weighted by Gasteiger charge is 2.32. The minimum Gasteiger partial charge on any atom is -0.408 e. The summed E-state index contributed by atoms with van der Waals surface area (Å²) in [6.45, 7) is 5.45. The first-order valence-corrected chi connectivity index (χ1v) is 12.7. The monoisotopic (exact) mass is 469 g/mol. The first-order chi connectivity index (χ1) is 15.7. The van der Waals surface area contributed by atoms with E-state index in [1.807, 2.05) is 24.3 Å². The Bertz CT molecular complexity index is 1380. The van der Waals surface area contributed by atoms with Crippen LogP contribution >= 0.6 is 0 Å². The number of oxazole rings is 1. The molecule has 2 atom stereocenters. The van der Waals surface area contributed by atoms with Crippen LogP contribution in [0.25, 0.3) is 11.1 Å². The van der Waals surface area contributed by atoms with Crippen molar-refractivity contribution in [1.29, 1.82) is 0 Å². The lowest BCUT2D eigenvalue weighted by molar-refractivity contribution is -0.119. The van der Waals surface area contributed by atoms with E-state index in [0.717, 1.165) is 24.1 Å². The molecule has 0 bridgehead atoms. The number of piperidine rings is 1. The molecule has 9 heteroatoms. The maximum atomic E-state index is 13.2. The number of nitrogens with zero attached hydrogens (tertiary/aromatic N) is 3. The van der Waals surface area contributed by atoms with E-state index in [1.165, 1.54) is 21.0 Å². The summed E-state index contributed by atoms with van der Waals surface area (Å²) < 4.78 is 34.6. The van der Waals surface area contributed by atoms with E-state index >= 15 is 0 Å². The van der Waals surface area contributed by atoms with Crippen LogP contribution in [0.15, 0.2) is 56.6 Å². The molecule has 5 rings (SSSR count). The third-order valence-electron chi connectivity index (χ3n) is 6.59. The van der Waals surface area contributed by atoms with Crippen LogP contribution < -0.4 is 10.7 Å². The molecule has 1 fully saturated rings. The van der Waals surface area contributed by atoms with Gasteiger partial charge in [0.05, 0.1) is 10.4 Å². The summed E-state index contributed by atoms with van der Waals surface area (Å²) >= 11 is 0. The first-order valence-electron chi connectivity index (χ1n) is 11.3. The standard InChI is InChI=1S/C24H27N3O5S/c1-16-11-17(2)14-25(13-16)33(30,31)19-7-8-21-22(12-19)32-24(29)27(21)15-23(28)26-10-9-18-5-3-4-6-20(18)26/h3-8,12,16-17H,9-11,13-15H2,1-2H3/t16-,17-/m0/s1. The molecule has 2 aliphatic heterocycles. The Morgan fingerprint density at radius 1 is 1.09 bits per heavy atom. The van der Waals surface area contributed by atoms with E-state index in [2.05, 4.69) is 13.8 Å². The highest BCUT2D eigenvalue weighted by Crippen LogP contribution is 2.29. The molecule has 0 radical (unpaired) electrons. The van der Waals surface area contributed by atoms with Crippen LogP contribution in [-0.2, 0) is 27.8 Å². The highest BCUT2D eigenvalue weighted by atomic mass is 32.2. The molecule has 2 aromatic carbocycles. The molecule has 3 aromatic rings. The number of carbonyl (C=O) groups is 1. The zero-order valence-corrected chi connectivity index (χ0v) is 19.5. The molecule has 8 nitrogen and oxygen atoms in total. The van der Waals surface area contributed by atoms with Crippen molar-refractivity contribution in [2.45, 2.75) is 38.1 Å². The molecule has 0 unspecified atom stereocenters. The largest absolute Gasteiger partial charge is 0.420 e. The fourth-order valence-electron chi connectivity index (χ4n) is 5.13. The molecule has 0 saturated carbocycles. The molecule has 174 valence electrons. The lowest BCUT2D eigenvalue weighted by atomic mass is 9.94. The number of carbonyl (C=O) groups excluding carboxylic acids is 1. The van der Waals surface area contributed by atoms with Gasteiger partial charge in [0.25, 0.3) is 0 Å². The number of anilines is 1. The summed E-state index contributed by atoms with van der Waals surface area (Å²) in [4.78, 5) is 27.3. The molecule has 1 amide bonds. The number of amides is 1. The van der Waals surface area contributed by atoms with Gasteiger partial charge in [-0.25, -0.2) is 13.2 Å². The number of hydrogen-bond acceptors (Lipinski definition) is 5. The van der Waals surface area contributed by atoms with Gasteiger partial charge in [0.15, 0.2) is 5.58 Å². The van der Waals surface area contributed by atoms with Crippen molar-refractivity contribution in [3.05, 3.63) is 58.6 Å². The molecule has 3 heterocycles. The topological polar surface area (TPSA) is 92.8 Å². The van der Waals surface area contributed by atoms with E-state index in [0.29, 0.717) is 25.2 Å². The Hall–Kier alpha value is -2.91. The van der Waals surface area contributed by atoms with Crippen molar-refractivity contribution in [3.63, 3.8) is 0 Å². The van der Waals surface area contributed by atoms with Crippen LogP contribution in [0.5, 0.6) is 0 Å². The fourth-order valence-corrected chi connectivity index (χ4v) is 6.82. The summed E-state index contributed by atoms with van der Waals surface area (Å²) in [6, 6.07) is 12.1. The van der Waals surface area contributed by atoms with Crippen LogP contribution in [-0.4, -0.2) is 42.8 Å². The molecule has 2 aliphatic rings. The molecule has 0 N–H and O–H groups in total. The zero-order chi connectivity index (χ0) is 23.3. The summed E-state index contributed by atoms with van der Waals surface area (Å²) in [6.07, 6.45) is 1.77. The van der Waals surface area contributed by atoms with Gasteiger partial charge in [-0.1, -0.05) is 32.0 Å². The quantitative estimate of drug-likeness (QED) is 0.586. The third kappa shape index (κ3) is 3.89. The fraction of sp³-hybridized carbons (Fsp3) is 0.417. The predicted molar refractivity (Wildman–Crippen MR) is 125 cm³/mol. The predicted octanol–water partition coefficient (Wildman–Crippen LogP) is 2.85. The summed E-state index contributed by atoms with van der Waals surface area (Å²) in [5.74, 6) is -0.320. The Kier molecular flexibility index (Phi) is 5.41. The average Bonchev–Trinajstić information content (AvgIpc) is 3.33. The summed E-state index contributed by atoms with van der Waals surface area (Å²) in [5.41, 5.74) is 2.53. The number of aromatic nitrogens is 1. The number of para-hydroxylation sites is 1. The molecule has 0 aliphatic carbocycles. The van der Waals surface area contributed by atoms with Crippen molar-refractivity contribution < 1.29 is 17.6 Å². The summed E-state index contributed by atoms with van der Waals surface area (Å²) in [7, 11) is -3.71. The van der Waals surface area contributed by atoms with Crippen LogP contribution in [0.3, 0.4) is 0 Å². The number of rotatable bonds is 4. The van der Waals surface area contributed by atoms with Crippen LogP contribution in [0.2, 0.25) is 0 Å². The van der Waals surface area contributed by atoms with E-state index in [9.17, 15) is 18.0 Å². The van der Waals surface area contributed by atoms with Crippen molar-refractivity contribution in [1.82, 2.24) is 8.87 Å². The normalized spacial score (nSPS) is 21.5. The summed E-state index contributed by atoms with van der Waals surface area (Å²) in [5, 5.41) is 0. The Labute approximate surface area is 192 Å². The minimum atomic E-state index is -3.71. The van der Waals surface area contributed by atoms with E-state index in [4.69, 9.17) is 4.42 Å². The van der Waals surface area contributed by atoms with Crippen molar-refractivity contribution in [2.75, 3.05) is 24.5 Å². The van der Waals surface area contributed by atoms with Crippen LogP contribution in [0.4, 0.5) is 5.69 Å². The van der Waals surface area contributed by atoms with Gasteiger partial charge < -0.3 is 9.32 Å². The van der Waals surface area contributed by atoms with Gasteiger partial charge >= 0.3 is 5.76 Å². The molecule has 0 spiro atoms. The number of sulfonamides is 1. The second-order valence-electron chi connectivity index (χ2n) is 9.28. The lowest BCUT2D eigenvalue weighted by Crippen LogP contribution is -2.42. The van der Waals surface area contributed by atoms with Gasteiger partial charge in [-0.05, 0) is 48.4 Å². The van der Waals surface area contributed by atoms with Crippen LogP contribution in [0, 0.1) is 11.8 Å². The maximum Gasteiger partial charge on any atom is 0.420 e. The average molecular weight is 470 g/mol. The Balaban J connectivity index is 1.43. The van der Waals surface area contributed by atoms with Gasteiger partial charge in [0.2, 0.25) is 15.9 Å². The van der Waals surface area contributed by atoms with Gasteiger partial charge in [-0.2, -0.15) is 4.31 Å². The zero-order valence-electron chi connectivity index (χ0n) is 18.7. The first kappa shape index (κ1) is 21.9. The number of hydrogen-bond donors (Lipinski definition) is 0. The van der Waals surface area contributed by atoms with E-state index in [1.54, 1.807) is 11.0 Å². The van der Waals surface area contributed by atoms with Crippen LogP contribution in [0.1, 0.15) is 25.8 Å². The minimum absolute atomic E-state index is 0.0944. The lowest BCUT2D eigenvalue weighted by Gasteiger charge is -2.34. The molecule has 1 aromatic heterocycles.